The summed E-state index contributed by atoms with van der Waals surface area (Å²) in [5.74, 6) is 2.97. The molecule has 0 saturated heterocycles. The summed E-state index contributed by atoms with van der Waals surface area (Å²) in [5, 5.41) is 0. The summed E-state index contributed by atoms with van der Waals surface area (Å²) in [4.78, 5) is 0. The molecule has 0 aromatic carbocycles. The highest BCUT2D eigenvalue weighted by Gasteiger charge is 2.51. The quantitative estimate of drug-likeness (QED) is 0.641. The molecule has 0 amide bonds. The zero-order chi connectivity index (χ0) is 15.9. The Morgan fingerprint density at radius 1 is 1.22 bits per heavy atom. The zero-order valence-electron chi connectivity index (χ0n) is 14.4. The first-order chi connectivity index (χ1) is 11.1. The molecule has 5 aliphatic carbocycles. The summed E-state index contributed by atoms with van der Waals surface area (Å²) in [6.07, 6.45) is 17.9. The van der Waals surface area contributed by atoms with Gasteiger partial charge in [-0.1, -0.05) is 30.9 Å². The summed E-state index contributed by atoms with van der Waals surface area (Å²) >= 11 is 0. The molecule has 5 aliphatic rings. The minimum absolute atomic E-state index is 0.115. The van der Waals surface area contributed by atoms with Crippen LogP contribution in [0, 0.1) is 23.2 Å². The SMILES string of the molecule is C=CC1=CCC(OC(C)OCC23CC4CC(CC(C4)C2)C3)C=C1. The van der Waals surface area contributed by atoms with Crippen molar-refractivity contribution in [2.45, 2.75) is 64.3 Å². The predicted octanol–water partition coefficient (Wildman–Crippen LogP) is 5.02. The summed E-state index contributed by atoms with van der Waals surface area (Å²) in [5.41, 5.74) is 1.66. The first-order valence-electron chi connectivity index (χ1n) is 9.42. The molecule has 0 aromatic rings. The highest BCUT2D eigenvalue weighted by molar-refractivity contribution is 5.32. The molecule has 0 radical (unpaired) electrons. The van der Waals surface area contributed by atoms with Crippen molar-refractivity contribution in [3.8, 4) is 0 Å². The van der Waals surface area contributed by atoms with E-state index in [0.717, 1.165) is 30.8 Å². The van der Waals surface area contributed by atoms with Gasteiger partial charge in [0.15, 0.2) is 6.29 Å². The van der Waals surface area contributed by atoms with Gasteiger partial charge < -0.3 is 9.47 Å². The van der Waals surface area contributed by atoms with Gasteiger partial charge >= 0.3 is 0 Å². The lowest BCUT2D eigenvalue weighted by Crippen LogP contribution is -2.48. The first kappa shape index (κ1) is 15.7. The molecule has 0 heterocycles. The molecule has 4 bridgehead atoms. The van der Waals surface area contributed by atoms with Crippen LogP contribution in [0.3, 0.4) is 0 Å². The zero-order valence-corrected chi connectivity index (χ0v) is 14.4. The molecule has 2 unspecified atom stereocenters. The van der Waals surface area contributed by atoms with Gasteiger partial charge in [0, 0.05) is 0 Å². The standard InChI is InChI=1S/C21H30O2/c1-3-16-4-6-20(7-5-16)23-15(2)22-14-21-11-17-8-18(12-21)10-19(9-17)13-21/h3-6,15,17-20H,1,7-14H2,2H3. The van der Waals surface area contributed by atoms with Crippen molar-refractivity contribution >= 4 is 0 Å². The lowest BCUT2D eigenvalue weighted by Gasteiger charge is -2.56. The van der Waals surface area contributed by atoms with Crippen LogP contribution in [0.1, 0.15) is 51.9 Å². The summed E-state index contributed by atoms with van der Waals surface area (Å²) in [7, 11) is 0. The summed E-state index contributed by atoms with van der Waals surface area (Å²) in [6.45, 7) is 6.77. The number of hydrogen-bond donors (Lipinski definition) is 0. The van der Waals surface area contributed by atoms with Crippen molar-refractivity contribution in [2.75, 3.05) is 6.61 Å². The highest BCUT2D eigenvalue weighted by atomic mass is 16.7. The van der Waals surface area contributed by atoms with Gasteiger partial charge in [-0.3, -0.25) is 0 Å². The Kier molecular flexibility index (Phi) is 4.23. The van der Waals surface area contributed by atoms with E-state index in [4.69, 9.17) is 9.47 Å². The molecule has 2 nitrogen and oxygen atoms in total. The second-order valence-corrected chi connectivity index (χ2v) is 8.47. The smallest absolute Gasteiger partial charge is 0.155 e. The van der Waals surface area contributed by atoms with Gasteiger partial charge in [0.05, 0.1) is 12.7 Å². The van der Waals surface area contributed by atoms with Crippen molar-refractivity contribution in [2.24, 2.45) is 23.2 Å². The average Bonchev–Trinajstić information content (AvgIpc) is 2.53. The number of ether oxygens (including phenoxy) is 2. The second-order valence-electron chi connectivity index (χ2n) is 8.47. The number of hydrogen-bond acceptors (Lipinski definition) is 2. The first-order valence-corrected chi connectivity index (χ1v) is 9.42. The predicted molar refractivity (Wildman–Crippen MR) is 92.9 cm³/mol. The Bertz CT molecular complexity index is 481. The maximum atomic E-state index is 6.19. The van der Waals surface area contributed by atoms with Crippen LogP contribution < -0.4 is 0 Å². The van der Waals surface area contributed by atoms with E-state index in [1.165, 1.54) is 44.1 Å². The molecular formula is C21H30O2. The van der Waals surface area contributed by atoms with Crippen molar-refractivity contribution in [3.05, 3.63) is 36.5 Å². The lowest BCUT2D eigenvalue weighted by atomic mass is 9.50. The van der Waals surface area contributed by atoms with Gasteiger partial charge in [0.1, 0.15) is 0 Å². The van der Waals surface area contributed by atoms with Crippen molar-refractivity contribution in [1.29, 1.82) is 0 Å². The van der Waals surface area contributed by atoms with Gasteiger partial charge in [0.2, 0.25) is 0 Å². The van der Waals surface area contributed by atoms with E-state index in [0.29, 0.717) is 5.41 Å². The van der Waals surface area contributed by atoms with Gasteiger partial charge in [0.25, 0.3) is 0 Å². The Hall–Kier alpha value is -0.860. The van der Waals surface area contributed by atoms with Gasteiger partial charge in [-0.25, -0.2) is 0 Å². The van der Waals surface area contributed by atoms with Crippen LogP contribution >= 0.6 is 0 Å². The van der Waals surface area contributed by atoms with Crippen LogP contribution in [-0.4, -0.2) is 19.0 Å². The van der Waals surface area contributed by atoms with Crippen LogP contribution in [0.5, 0.6) is 0 Å². The molecule has 0 N–H and O–H groups in total. The van der Waals surface area contributed by atoms with Crippen LogP contribution in [-0.2, 0) is 9.47 Å². The maximum Gasteiger partial charge on any atom is 0.155 e. The lowest BCUT2D eigenvalue weighted by molar-refractivity contribution is -0.188. The molecule has 5 rings (SSSR count). The Morgan fingerprint density at radius 2 is 1.87 bits per heavy atom. The number of allylic oxidation sites excluding steroid dienone is 3. The fourth-order valence-electron chi connectivity index (χ4n) is 5.92. The molecule has 0 aliphatic heterocycles. The molecule has 2 heteroatoms. The normalized spacial score (nSPS) is 42.6. The number of rotatable bonds is 6. The van der Waals surface area contributed by atoms with Gasteiger partial charge in [-0.2, -0.15) is 0 Å². The molecule has 23 heavy (non-hydrogen) atoms. The van der Waals surface area contributed by atoms with Gasteiger partial charge in [-0.15, -0.1) is 0 Å². The van der Waals surface area contributed by atoms with E-state index in [1.807, 2.05) is 6.08 Å². The van der Waals surface area contributed by atoms with Crippen LogP contribution in [0.4, 0.5) is 0 Å². The van der Waals surface area contributed by atoms with E-state index in [2.05, 4.69) is 31.7 Å². The van der Waals surface area contributed by atoms with E-state index >= 15 is 0 Å². The summed E-state index contributed by atoms with van der Waals surface area (Å²) in [6, 6.07) is 0. The Balaban J connectivity index is 1.27. The molecule has 2 atom stereocenters. The summed E-state index contributed by atoms with van der Waals surface area (Å²) < 4.78 is 12.2. The van der Waals surface area contributed by atoms with Crippen molar-refractivity contribution in [1.82, 2.24) is 0 Å². The third-order valence-corrected chi connectivity index (χ3v) is 6.48. The molecule has 0 aromatic heterocycles. The Morgan fingerprint density at radius 3 is 2.39 bits per heavy atom. The molecule has 126 valence electrons. The molecular weight excluding hydrogens is 284 g/mol. The second kappa shape index (κ2) is 6.22. The highest BCUT2D eigenvalue weighted by Crippen LogP contribution is 2.60. The fourth-order valence-corrected chi connectivity index (χ4v) is 5.92. The van der Waals surface area contributed by atoms with Gasteiger partial charge in [-0.05, 0) is 80.6 Å². The molecule has 0 spiro atoms. The van der Waals surface area contributed by atoms with Crippen LogP contribution in [0.2, 0.25) is 0 Å². The average molecular weight is 314 g/mol. The fraction of sp³-hybridized carbons (Fsp3) is 0.714. The van der Waals surface area contributed by atoms with Crippen molar-refractivity contribution < 1.29 is 9.47 Å². The monoisotopic (exact) mass is 314 g/mol. The molecule has 4 fully saturated rings. The third-order valence-electron chi connectivity index (χ3n) is 6.48. The van der Waals surface area contributed by atoms with Crippen LogP contribution in [0.15, 0.2) is 36.5 Å². The van der Waals surface area contributed by atoms with E-state index in [-0.39, 0.29) is 12.4 Å². The van der Waals surface area contributed by atoms with Crippen molar-refractivity contribution in [3.63, 3.8) is 0 Å². The third kappa shape index (κ3) is 3.34. The minimum atomic E-state index is -0.115. The topological polar surface area (TPSA) is 18.5 Å². The van der Waals surface area contributed by atoms with E-state index < -0.39 is 0 Å². The Labute approximate surface area is 140 Å². The largest absolute Gasteiger partial charge is 0.352 e. The minimum Gasteiger partial charge on any atom is -0.352 e. The van der Waals surface area contributed by atoms with Crippen LogP contribution in [0.25, 0.3) is 0 Å². The molecule has 4 saturated carbocycles. The van der Waals surface area contributed by atoms with E-state index in [1.54, 1.807) is 0 Å². The van der Waals surface area contributed by atoms with E-state index in [9.17, 15) is 0 Å². The maximum absolute atomic E-state index is 6.19.